The van der Waals surface area contributed by atoms with Gasteiger partial charge < -0.3 is 10.5 Å². The second-order valence-electron chi connectivity index (χ2n) is 3.49. The first kappa shape index (κ1) is 18.4. The Morgan fingerprint density at radius 2 is 2.00 bits per heavy atom. The molecule has 1 atom stereocenters. The molecule has 0 heterocycles. The van der Waals surface area contributed by atoms with Crippen molar-refractivity contribution < 1.29 is 18.3 Å². The summed E-state index contributed by atoms with van der Waals surface area (Å²) in [5.41, 5.74) is 5.37. The topological polar surface area (TPSA) is 52.3 Å². The predicted molar refractivity (Wildman–Crippen MR) is 72.2 cm³/mol. The first-order valence-electron chi connectivity index (χ1n) is 5.06. The molecule has 1 aromatic carbocycles. The van der Waals surface area contributed by atoms with Gasteiger partial charge in [-0.3, -0.25) is 0 Å². The third-order valence-corrected chi connectivity index (χ3v) is 2.98. The molecule has 0 fully saturated rings. The van der Waals surface area contributed by atoms with E-state index in [1.54, 1.807) is 0 Å². The van der Waals surface area contributed by atoms with Crippen molar-refractivity contribution >= 4 is 41.6 Å². The van der Waals surface area contributed by atoms with Crippen molar-refractivity contribution in [2.24, 2.45) is 5.73 Å². The number of carbonyl (C=O) groups excluding carboxylic acids is 1. The third-order valence-electron chi connectivity index (χ3n) is 2.24. The molecule has 2 N–H and O–H groups in total. The average Bonchev–Trinajstić information content (AvgIpc) is 2.32. The van der Waals surface area contributed by atoms with E-state index in [-0.39, 0.29) is 34.6 Å². The van der Waals surface area contributed by atoms with Gasteiger partial charge in [0.25, 0.3) is 0 Å². The van der Waals surface area contributed by atoms with Crippen LogP contribution >= 0.6 is 35.6 Å². The molecule has 0 saturated carbocycles. The van der Waals surface area contributed by atoms with Gasteiger partial charge in [-0.05, 0) is 24.6 Å². The maximum absolute atomic E-state index is 13.6. The number of hydrogen-bond donors (Lipinski definition) is 1. The summed E-state index contributed by atoms with van der Waals surface area (Å²) in [6, 6.07) is 1.97. The minimum Gasteiger partial charge on any atom is -0.462 e. The average molecular weight is 335 g/mol. The lowest BCUT2D eigenvalue weighted by atomic mass is 10.0. The molecule has 0 aliphatic heterocycles. The van der Waals surface area contributed by atoms with Crippen LogP contribution in [-0.4, -0.2) is 18.5 Å². The lowest BCUT2D eigenvalue weighted by molar-refractivity contribution is -0.174. The molecule has 0 spiro atoms. The van der Waals surface area contributed by atoms with Crippen LogP contribution in [0.1, 0.15) is 18.5 Å². The van der Waals surface area contributed by atoms with E-state index in [9.17, 15) is 13.6 Å². The Morgan fingerprint density at radius 1 is 1.42 bits per heavy atom. The van der Waals surface area contributed by atoms with Crippen molar-refractivity contribution in [2.45, 2.75) is 18.9 Å². The molecule has 0 unspecified atom stereocenters. The van der Waals surface area contributed by atoms with Crippen LogP contribution in [0.25, 0.3) is 0 Å². The molecular formula is C11H12Cl3F2NO2. The fourth-order valence-electron chi connectivity index (χ4n) is 1.27. The number of hydrogen-bond acceptors (Lipinski definition) is 3. The highest BCUT2D eigenvalue weighted by Crippen LogP contribution is 2.33. The van der Waals surface area contributed by atoms with Crippen molar-refractivity contribution in [2.75, 3.05) is 6.61 Å². The van der Waals surface area contributed by atoms with Gasteiger partial charge in [0.1, 0.15) is 6.04 Å². The van der Waals surface area contributed by atoms with Gasteiger partial charge in [-0.2, -0.15) is 8.78 Å². The molecule has 0 aliphatic rings. The number of ether oxygens (including phenoxy) is 1. The number of benzene rings is 1. The van der Waals surface area contributed by atoms with Gasteiger partial charge in [0.15, 0.2) is 0 Å². The van der Waals surface area contributed by atoms with E-state index in [4.69, 9.17) is 28.9 Å². The molecule has 0 amide bonds. The highest BCUT2D eigenvalue weighted by molar-refractivity contribution is 6.42. The number of alkyl halides is 2. The third kappa shape index (κ3) is 4.18. The molecular weight excluding hydrogens is 322 g/mol. The molecule has 0 aromatic heterocycles. The maximum Gasteiger partial charge on any atom is 0.379 e. The Kier molecular flexibility index (Phi) is 7.00. The lowest BCUT2D eigenvalue weighted by Gasteiger charge is -2.22. The van der Waals surface area contributed by atoms with E-state index in [0.29, 0.717) is 0 Å². The maximum atomic E-state index is 13.6. The summed E-state index contributed by atoms with van der Waals surface area (Å²) >= 11 is 11.4. The van der Waals surface area contributed by atoms with Crippen LogP contribution in [0.4, 0.5) is 8.78 Å². The van der Waals surface area contributed by atoms with E-state index in [1.807, 2.05) is 0 Å². The molecule has 8 heteroatoms. The first-order valence-corrected chi connectivity index (χ1v) is 5.81. The Hall–Kier alpha value is -0.620. The Balaban J connectivity index is 0.00000324. The summed E-state index contributed by atoms with van der Waals surface area (Å²) in [5.74, 6) is -5.49. The molecule has 0 radical (unpaired) electrons. The van der Waals surface area contributed by atoms with Crippen LogP contribution in [0.2, 0.25) is 10.0 Å². The second kappa shape index (κ2) is 7.24. The second-order valence-corrected chi connectivity index (χ2v) is 4.31. The lowest BCUT2D eigenvalue weighted by Crippen LogP contribution is -2.41. The van der Waals surface area contributed by atoms with Gasteiger partial charge in [-0.1, -0.05) is 29.3 Å². The SMILES string of the molecule is CCOC(=O)C(F)(F)[C@@H](N)c1ccc(Cl)c(Cl)c1.Cl. The monoisotopic (exact) mass is 333 g/mol. The number of esters is 1. The number of carbonyl (C=O) groups is 1. The van der Waals surface area contributed by atoms with Gasteiger partial charge >= 0.3 is 11.9 Å². The van der Waals surface area contributed by atoms with Gasteiger partial charge in [0, 0.05) is 0 Å². The fourth-order valence-corrected chi connectivity index (χ4v) is 1.58. The quantitative estimate of drug-likeness (QED) is 0.856. The van der Waals surface area contributed by atoms with Crippen LogP contribution in [0.15, 0.2) is 18.2 Å². The largest absolute Gasteiger partial charge is 0.462 e. The zero-order chi connectivity index (χ0) is 13.9. The fraction of sp³-hybridized carbons (Fsp3) is 0.364. The minimum atomic E-state index is -3.83. The molecule has 1 rings (SSSR count). The Bertz CT molecular complexity index is 458. The van der Waals surface area contributed by atoms with E-state index in [0.717, 1.165) is 0 Å². The highest BCUT2D eigenvalue weighted by atomic mass is 35.5. The van der Waals surface area contributed by atoms with Crippen molar-refractivity contribution in [3.8, 4) is 0 Å². The minimum absolute atomic E-state index is 0. The zero-order valence-electron chi connectivity index (χ0n) is 9.83. The van der Waals surface area contributed by atoms with Crippen LogP contribution in [-0.2, 0) is 9.53 Å². The smallest absolute Gasteiger partial charge is 0.379 e. The number of halogens is 5. The Morgan fingerprint density at radius 3 is 2.47 bits per heavy atom. The van der Waals surface area contributed by atoms with Crippen molar-refractivity contribution in [3.63, 3.8) is 0 Å². The summed E-state index contributed by atoms with van der Waals surface area (Å²) < 4.78 is 31.6. The van der Waals surface area contributed by atoms with E-state index in [2.05, 4.69) is 4.74 Å². The molecule has 108 valence electrons. The molecule has 19 heavy (non-hydrogen) atoms. The standard InChI is InChI=1S/C11H11Cl2F2NO2.ClH/c1-2-18-10(17)11(14,15)9(16)6-3-4-7(12)8(13)5-6;/h3-5,9H,2,16H2,1H3;1H/t9-;/m0./s1. The highest BCUT2D eigenvalue weighted by Gasteiger charge is 2.47. The molecule has 0 aliphatic carbocycles. The molecule has 0 saturated heterocycles. The summed E-state index contributed by atoms with van der Waals surface area (Å²) in [5, 5.41) is 0.302. The van der Waals surface area contributed by atoms with E-state index < -0.39 is 17.9 Å². The van der Waals surface area contributed by atoms with Crippen LogP contribution in [0.3, 0.4) is 0 Å². The van der Waals surface area contributed by atoms with Gasteiger partial charge in [-0.25, -0.2) is 4.79 Å². The molecule has 1 aromatic rings. The van der Waals surface area contributed by atoms with Gasteiger partial charge in [0.05, 0.1) is 16.7 Å². The van der Waals surface area contributed by atoms with Crippen molar-refractivity contribution in [3.05, 3.63) is 33.8 Å². The van der Waals surface area contributed by atoms with E-state index in [1.165, 1.54) is 25.1 Å². The summed E-state index contributed by atoms with van der Waals surface area (Å²) in [4.78, 5) is 11.1. The first-order chi connectivity index (χ1) is 8.30. The normalized spacial score (nSPS) is 12.5. The number of rotatable bonds is 4. The predicted octanol–water partition coefficient (Wildman–Crippen LogP) is 3.61. The Labute approximate surface area is 125 Å². The summed E-state index contributed by atoms with van der Waals surface area (Å²) in [6.45, 7) is 1.28. The summed E-state index contributed by atoms with van der Waals surface area (Å²) in [7, 11) is 0. The zero-order valence-corrected chi connectivity index (χ0v) is 12.2. The van der Waals surface area contributed by atoms with E-state index >= 15 is 0 Å². The summed E-state index contributed by atoms with van der Waals surface area (Å²) in [6.07, 6.45) is 0. The van der Waals surface area contributed by atoms with Crippen molar-refractivity contribution in [1.29, 1.82) is 0 Å². The van der Waals surface area contributed by atoms with Crippen LogP contribution < -0.4 is 5.73 Å². The number of nitrogens with two attached hydrogens (primary N) is 1. The molecule has 0 bridgehead atoms. The van der Waals surface area contributed by atoms with Gasteiger partial charge in [-0.15, -0.1) is 12.4 Å². The van der Waals surface area contributed by atoms with Crippen LogP contribution in [0, 0.1) is 0 Å². The van der Waals surface area contributed by atoms with Gasteiger partial charge in [0.2, 0.25) is 0 Å². The van der Waals surface area contributed by atoms with Crippen molar-refractivity contribution in [1.82, 2.24) is 0 Å². The van der Waals surface area contributed by atoms with Crippen LogP contribution in [0.5, 0.6) is 0 Å². The molecule has 3 nitrogen and oxygen atoms in total.